The molecule has 1 fully saturated rings. The van der Waals surface area contributed by atoms with Crippen LogP contribution in [0.5, 0.6) is 0 Å². The highest BCUT2D eigenvalue weighted by Gasteiger charge is 2.36. The Bertz CT molecular complexity index is 781. The molecule has 6 nitrogen and oxygen atoms in total. The van der Waals surface area contributed by atoms with Gasteiger partial charge in [0.15, 0.2) is 5.69 Å². The number of aliphatic hydroxyl groups excluding tert-OH is 1. The molecule has 1 atom stereocenters. The Kier molecular flexibility index (Phi) is 4.76. The summed E-state index contributed by atoms with van der Waals surface area (Å²) in [6, 6.07) is 5.81. The summed E-state index contributed by atoms with van der Waals surface area (Å²) in [4.78, 5) is 17.4. The van der Waals surface area contributed by atoms with E-state index in [1.807, 2.05) is 29.9 Å². The van der Waals surface area contributed by atoms with Gasteiger partial charge in [-0.3, -0.25) is 14.5 Å². The van der Waals surface area contributed by atoms with E-state index < -0.39 is 0 Å². The lowest BCUT2D eigenvalue weighted by atomic mass is 9.76. The molecule has 138 valence electrons. The van der Waals surface area contributed by atoms with Gasteiger partial charge in [-0.15, -0.1) is 0 Å². The maximum atomic E-state index is 13.0. The molecule has 2 heterocycles. The largest absolute Gasteiger partial charge is 0.393 e. The number of pyridine rings is 1. The number of aliphatic hydroxyl groups is 1. The zero-order chi connectivity index (χ0) is 18.1. The van der Waals surface area contributed by atoms with E-state index in [1.165, 1.54) is 5.69 Å². The minimum Gasteiger partial charge on any atom is -0.393 e. The maximum absolute atomic E-state index is 13.0. The highest BCUT2D eigenvalue weighted by atomic mass is 16.3. The van der Waals surface area contributed by atoms with Crippen LogP contribution in [0.1, 0.15) is 53.1 Å². The van der Waals surface area contributed by atoms with Crippen LogP contribution in [0.3, 0.4) is 0 Å². The van der Waals surface area contributed by atoms with Gasteiger partial charge >= 0.3 is 0 Å². The first kappa shape index (κ1) is 17.2. The number of amides is 1. The van der Waals surface area contributed by atoms with Crippen molar-refractivity contribution in [2.45, 2.75) is 57.1 Å². The van der Waals surface area contributed by atoms with Crippen molar-refractivity contribution >= 4 is 5.91 Å². The first-order valence-electron chi connectivity index (χ1n) is 9.55. The molecule has 1 saturated carbocycles. The number of aryl methyl sites for hydroxylation is 1. The Morgan fingerprint density at radius 3 is 2.88 bits per heavy atom. The molecule has 0 saturated heterocycles. The molecular weight excluding hydrogens is 328 g/mol. The second-order valence-corrected chi connectivity index (χ2v) is 7.60. The van der Waals surface area contributed by atoms with Crippen molar-refractivity contribution in [2.24, 2.45) is 13.0 Å². The molecule has 0 unspecified atom stereocenters. The van der Waals surface area contributed by atoms with Gasteiger partial charge in [0.05, 0.1) is 6.10 Å². The lowest BCUT2D eigenvalue weighted by molar-refractivity contribution is 0.0237. The number of fused-ring (bicyclic) bond motifs is 1. The number of rotatable bonds is 5. The monoisotopic (exact) mass is 354 g/mol. The molecule has 0 aliphatic heterocycles. The van der Waals surface area contributed by atoms with Crippen LogP contribution >= 0.6 is 0 Å². The van der Waals surface area contributed by atoms with Crippen molar-refractivity contribution in [3.05, 3.63) is 47.0 Å². The Morgan fingerprint density at radius 1 is 1.35 bits per heavy atom. The molecule has 2 aromatic heterocycles. The molecule has 0 spiro atoms. The molecule has 2 aliphatic carbocycles. The zero-order valence-corrected chi connectivity index (χ0v) is 15.2. The maximum Gasteiger partial charge on any atom is 0.272 e. The molecule has 0 radical (unpaired) electrons. The van der Waals surface area contributed by atoms with Crippen LogP contribution in [0.15, 0.2) is 24.4 Å². The Balaban J connectivity index is 1.53. The van der Waals surface area contributed by atoms with Gasteiger partial charge in [-0.25, -0.2) is 0 Å². The minimum atomic E-state index is -0.245. The fourth-order valence-corrected chi connectivity index (χ4v) is 4.23. The third kappa shape index (κ3) is 3.38. The summed E-state index contributed by atoms with van der Waals surface area (Å²) in [5.41, 5.74) is 3.85. The fraction of sp³-hybridized carbons (Fsp3) is 0.550. The molecule has 0 aromatic carbocycles. The van der Waals surface area contributed by atoms with Crippen LogP contribution in [-0.4, -0.2) is 37.9 Å². The van der Waals surface area contributed by atoms with Gasteiger partial charge in [0.1, 0.15) is 0 Å². The van der Waals surface area contributed by atoms with E-state index in [1.54, 1.807) is 6.20 Å². The third-order valence-electron chi connectivity index (χ3n) is 5.77. The Labute approximate surface area is 153 Å². The van der Waals surface area contributed by atoms with Crippen molar-refractivity contribution in [1.29, 1.82) is 0 Å². The molecular formula is C20H26N4O2. The summed E-state index contributed by atoms with van der Waals surface area (Å²) in [7, 11) is 1.93. The van der Waals surface area contributed by atoms with Gasteiger partial charge in [0, 0.05) is 42.7 Å². The van der Waals surface area contributed by atoms with Crippen LogP contribution in [-0.2, 0) is 26.3 Å². The average molecular weight is 354 g/mol. The predicted molar refractivity (Wildman–Crippen MR) is 97.8 cm³/mol. The van der Waals surface area contributed by atoms with Crippen molar-refractivity contribution in [1.82, 2.24) is 20.1 Å². The number of hydrogen-bond donors (Lipinski definition) is 2. The molecule has 1 amide bonds. The van der Waals surface area contributed by atoms with Gasteiger partial charge in [0.25, 0.3) is 5.91 Å². The number of nitrogens with one attached hydrogen (secondary N) is 1. The van der Waals surface area contributed by atoms with Crippen LogP contribution in [0.2, 0.25) is 0 Å². The quantitative estimate of drug-likeness (QED) is 0.858. The second kappa shape index (κ2) is 7.19. The van der Waals surface area contributed by atoms with E-state index in [2.05, 4.69) is 15.4 Å². The summed E-state index contributed by atoms with van der Waals surface area (Å²) >= 11 is 0. The highest BCUT2D eigenvalue weighted by molar-refractivity contribution is 5.94. The second-order valence-electron chi connectivity index (χ2n) is 7.60. The Hall–Kier alpha value is -2.21. The van der Waals surface area contributed by atoms with E-state index in [4.69, 9.17) is 0 Å². The zero-order valence-electron chi connectivity index (χ0n) is 15.2. The van der Waals surface area contributed by atoms with Gasteiger partial charge < -0.3 is 10.4 Å². The van der Waals surface area contributed by atoms with E-state index >= 15 is 0 Å². The topological polar surface area (TPSA) is 80.0 Å². The number of nitrogens with zero attached hydrogens (tertiary/aromatic N) is 3. The van der Waals surface area contributed by atoms with Crippen molar-refractivity contribution in [3.63, 3.8) is 0 Å². The lowest BCUT2D eigenvalue weighted by Crippen LogP contribution is -2.48. The Morgan fingerprint density at radius 2 is 2.15 bits per heavy atom. The smallest absolute Gasteiger partial charge is 0.272 e. The molecule has 6 heteroatoms. The highest BCUT2D eigenvalue weighted by Crippen LogP contribution is 2.32. The lowest BCUT2D eigenvalue weighted by Gasteiger charge is -2.38. The first-order chi connectivity index (χ1) is 12.6. The van der Waals surface area contributed by atoms with Gasteiger partial charge in [0.2, 0.25) is 0 Å². The molecule has 2 aliphatic rings. The van der Waals surface area contributed by atoms with Crippen LogP contribution in [0, 0.1) is 5.92 Å². The van der Waals surface area contributed by atoms with Crippen molar-refractivity contribution in [2.75, 3.05) is 0 Å². The normalized spacial score (nSPS) is 23.0. The third-order valence-corrected chi connectivity index (χ3v) is 5.77. The average Bonchev–Trinajstić information content (AvgIpc) is 2.97. The van der Waals surface area contributed by atoms with Gasteiger partial charge in [-0.1, -0.05) is 6.07 Å². The number of aromatic nitrogens is 3. The fourth-order valence-electron chi connectivity index (χ4n) is 4.23. The van der Waals surface area contributed by atoms with Gasteiger partial charge in [-0.05, 0) is 56.6 Å². The van der Waals surface area contributed by atoms with Crippen LogP contribution in [0.4, 0.5) is 0 Å². The standard InChI is InChI=1S/C20H26N4O2/c1-24-18-8-3-2-7-16(18)19(23-24)20(26)22-17(13-10-15(25)11-13)12-14-6-4-5-9-21-14/h4-6,9,13,15,17,25H,2-3,7-8,10-12H2,1H3,(H,22,26)/t13?,15?,17-/m0/s1. The first-order valence-corrected chi connectivity index (χ1v) is 9.55. The van der Waals surface area contributed by atoms with Gasteiger partial charge in [-0.2, -0.15) is 5.10 Å². The minimum absolute atomic E-state index is 0.0259. The number of hydrogen-bond acceptors (Lipinski definition) is 4. The summed E-state index contributed by atoms with van der Waals surface area (Å²) in [5, 5.41) is 17.4. The number of carbonyl (C=O) groups is 1. The van der Waals surface area contributed by atoms with Crippen molar-refractivity contribution < 1.29 is 9.90 Å². The van der Waals surface area contributed by atoms with E-state index in [0.717, 1.165) is 49.8 Å². The predicted octanol–water partition coefficient (Wildman–Crippen LogP) is 1.81. The van der Waals surface area contributed by atoms with E-state index in [0.29, 0.717) is 12.1 Å². The molecule has 0 bridgehead atoms. The molecule has 4 rings (SSSR count). The van der Waals surface area contributed by atoms with Crippen molar-refractivity contribution in [3.8, 4) is 0 Å². The van der Waals surface area contributed by atoms with Crippen LogP contribution < -0.4 is 5.32 Å². The summed E-state index contributed by atoms with van der Waals surface area (Å²) in [6.07, 6.45) is 7.89. The van der Waals surface area contributed by atoms with Crippen LogP contribution in [0.25, 0.3) is 0 Å². The molecule has 2 N–H and O–H groups in total. The number of carbonyl (C=O) groups excluding carboxylic acids is 1. The van der Waals surface area contributed by atoms with E-state index in [9.17, 15) is 9.90 Å². The van der Waals surface area contributed by atoms with E-state index in [-0.39, 0.29) is 24.0 Å². The summed E-state index contributed by atoms with van der Waals surface area (Å²) in [6.45, 7) is 0. The molecule has 2 aromatic rings. The summed E-state index contributed by atoms with van der Waals surface area (Å²) < 4.78 is 1.87. The SMILES string of the molecule is Cn1nc(C(=O)N[C@@H](Cc2ccccn2)C2CC(O)C2)c2c1CCCC2. The summed E-state index contributed by atoms with van der Waals surface area (Å²) in [5.74, 6) is 0.196. The molecule has 26 heavy (non-hydrogen) atoms.